The lowest BCUT2D eigenvalue weighted by atomic mass is 10.1. The number of aryl methyl sites for hydroxylation is 1. The topological polar surface area (TPSA) is 110 Å². The summed E-state index contributed by atoms with van der Waals surface area (Å²) >= 11 is 0. The van der Waals surface area contributed by atoms with Crippen LogP contribution in [0.15, 0.2) is 48.7 Å². The number of hydrogen-bond acceptors (Lipinski definition) is 5. The number of nitrogen functional groups attached to an aromatic ring is 1. The highest BCUT2D eigenvalue weighted by molar-refractivity contribution is 5.92. The highest BCUT2D eigenvalue weighted by Gasteiger charge is 2.16. The first kappa shape index (κ1) is 18.1. The predicted octanol–water partition coefficient (Wildman–Crippen LogP) is 2.22. The van der Waals surface area contributed by atoms with Crippen molar-refractivity contribution >= 4 is 11.7 Å². The maximum absolute atomic E-state index is 13.1. The summed E-state index contributed by atoms with van der Waals surface area (Å²) in [5.74, 6) is -0.419. The number of hydrogen-bond donors (Lipinski definition) is 2. The van der Waals surface area contributed by atoms with E-state index in [2.05, 4.69) is 21.5 Å². The van der Waals surface area contributed by atoms with Gasteiger partial charge in [0.2, 0.25) is 0 Å². The largest absolute Gasteiger partial charge is 0.382 e. The van der Waals surface area contributed by atoms with Crippen molar-refractivity contribution in [3.63, 3.8) is 0 Å². The van der Waals surface area contributed by atoms with Crippen molar-refractivity contribution in [2.24, 2.45) is 0 Å². The molecule has 136 valence electrons. The van der Waals surface area contributed by atoms with Crippen molar-refractivity contribution in [1.29, 1.82) is 5.26 Å². The third-order valence-corrected chi connectivity index (χ3v) is 3.95. The van der Waals surface area contributed by atoms with E-state index in [-0.39, 0.29) is 23.1 Å². The minimum Gasteiger partial charge on any atom is -0.382 e. The number of pyridine rings is 1. The highest BCUT2D eigenvalue weighted by atomic mass is 19.1. The number of rotatable bonds is 6. The molecular weight excluding hydrogens is 347 g/mol. The minimum absolute atomic E-state index is 0.205. The number of nitriles is 1. The number of nitrogens with zero attached hydrogens (tertiary/aromatic N) is 4. The second kappa shape index (κ2) is 8.10. The molecule has 3 N–H and O–H groups in total. The molecule has 2 aromatic heterocycles. The molecular formula is C19H17FN6O. The average Bonchev–Trinajstić information content (AvgIpc) is 3.01. The van der Waals surface area contributed by atoms with E-state index in [1.54, 1.807) is 24.4 Å². The fourth-order valence-corrected chi connectivity index (χ4v) is 2.60. The van der Waals surface area contributed by atoms with Gasteiger partial charge < -0.3 is 11.1 Å². The monoisotopic (exact) mass is 364 g/mol. The zero-order valence-electron chi connectivity index (χ0n) is 14.4. The number of carbonyl (C=O) groups is 1. The highest BCUT2D eigenvalue weighted by Crippen LogP contribution is 2.21. The molecule has 2 heterocycles. The molecule has 0 radical (unpaired) electrons. The van der Waals surface area contributed by atoms with Gasteiger partial charge in [-0.05, 0) is 49.2 Å². The number of aromatic nitrogens is 3. The lowest BCUT2D eigenvalue weighted by molar-refractivity contribution is 0.0948. The number of halogens is 1. The molecule has 0 aliphatic carbocycles. The van der Waals surface area contributed by atoms with Crippen LogP contribution in [-0.2, 0) is 6.42 Å². The van der Waals surface area contributed by atoms with Crippen LogP contribution in [0.1, 0.15) is 28.2 Å². The van der Waals surface area contributed by atoms with Gasteiger partial charge in [0.05, 0.1) is 11.4 Å². The van der Waals surface area contributed by atoms with E-state index >= 15 is 0 Å². The van der Waals surface area contributed by atoms with Crippen molar-refractivity contribution < 1.29 is 9.18 Å². The molecule has 0 fully saturated rings. The molecule has 0 spiro atoms. The molecule has 0 atom stereocenters. The second-order valence-corrected chi connectivity index (χ2v) is 5.78. The Morgan fingerprint density at radius 1 is 1.26 bits per heavy atom. The normalized spacial score (nSPS) is 10.4. The van der Waals surface area contributed by atoms with Gasteiger partial charge in [-0.2, -0.15) is 10.4 Å². The van der Waals surface area contributed by atoms with Crippen molar-refractivity contribution in [3.8, 4) is 11.8 Å². The summed E-state index contributed by atoms with van der Waals surface area (Å²) in [6.07, 6.45) is 2.59. The predicted molar refractivity (Wildman–Crippen MR) is 97.5 cm³/mol. The summed E-state index contributed by atoms with van der Waals surface area (Å²) in [6, 6.07) is 12.9. The Bertz CT molecular complexity index is 976. The first-order valence-electron chi connectivity index (χ1n) is 8.33. The molecule has 1 aromatic carbocycles. The van der Waals surface area contributed by atoms with E-state index in [9.17, 15) is 14.4 Å². The molecule has 3 rings (SSSR count). The molecule has 8 heteroatoms. The molecule has 0 saturated carbocycles. The number of carbonyl (C=O) groups excluding carboxylic acids is 1. The Labute approximate surface area is 155 Å². The van der Waals surface area contributed by atoms with Crippen LogP contribution in [0, 0.1) is 17.1 Å². The third kappa shape index (κ3) is 4.10. The second-order valence-electron chi connectivity index (χ2n) is 5.78. The van der Waals surface area contributed by atoms with Crippen molar-refractivity contribution in [2.45, 2.75) is 12.8 Å². The maximum atomic E-state index is 13.1. The quantitative estimate of drug-likeness (QED) is 0.652. The Kier molecular flexibility index (Phi) is 5.42. The van der Waals surface area contributed by atoms with Crippen LogP contribution in [0.25, 0.3) is 5.69 Å². The summed E-state index contributed by atoms with van der Waals surface area (Å²) in [6.45, 7) is 0.406. The zero-order valence-corrected chi connectivity index (χ0v) is 14.4. The molecule has 1 amide bonds. The summed E-state index contributed by atoms with van der Waals surface area (Å²) in [4.78, 5) is 15.9. The van der Waals surface area contributed by atoms with Gasteiger partial charge in [-0.15, -0.1) is 0 Å². The van der Waals surface area contributed by atoms with Crippen LogP contribution in [0.4, 0.5) is 10.2 Å². The van der Waals surface area contributed by atoms with E-state index in [1.807, 2.05) is 0 Å². The first-order chi connectivity index (χ1) is 13.1. The van der Waals surface area contributed by atoms with E-state index in [4.69, 9.17) is 5.73 Å². The van der Waals surface area contributed by atoms with E-state index in [0.29, 0.717) is 36.5 Å². The Balaban J connectivity index is 1.65. The number of amides is 1. The minimum atomic E-state index is -0.367. The fraction of sp³-hybridized carbons (Fsp3) is 0.158. The number of anilines is 1. The summed E-state index contributed by atoms with van der Waals surface area (Å²) in [5, 5.41) is 16.5. The summed E-state index contributed by atoms with van der Waals surface area (Å²) in [7, 11) is 0. The van der Waals surface area contributed by atoms with Gasteiger partial charge in [-0.3, -0.25) is 9.78 Å². The van der Waals surface area contributed by atoms with Gasteiger partial charge >= 0.3 is 0 Å². The lowest BCUT2D eigenvalue weighted by Crippen LogP contribution is -2.25. The van der Waals surface area contributed by atoms with Crippen LogP contribution in [0.3, 0.4) is 0 Å². The van der Waals surface area contributed by atoms with Crippen LogP contribution in [-0.4, -0.2) is 27.2 Å². The lowest BCUT2D eigenvalue weighted by Gasteiger charge is -2.04. The smallest absolute Gasteiger partial charge is 0.269 e. The van der Waals surface area contributed by atoms with Gasteiger partial charge in [0.15, 0.2) is 0 Å². The molecule has 0 unspecified atom stereocenters. The van der Waals surface area contributed by atoms with Gasteiger partial charge in [0.1, 0.15) is 29.0 Å². The Morgan fingerprint density at radius 2 is 2.04 bits per heavy atom. The van der Waals surface area contributed by atoms with Crippen LogP contribution in [0.2, 0.25) is 0 Å². The van der Waals surface area contributed by atoms with Crippen LogP contribution in [0.5, 0.6) is 0 Å². The molecule has 3 aromatic rings. The number of nitrogens with one attached hydrogen (secondary N) is 1. The average molecular weight is 364 g/mol. The molecule has 7 nitrogen and oxygen atoms in total. The summed E-state index contributed by atoms with van der Waals surface area (Å²) in [5.41, 5.74) is 7.76. The van der Waals surface area contributed by atoms with E-state index in [1.165, 1.54) is 28.9 Å². The Hall–Kier alpha value is -3.73. The molecule has 0 saturated heterocycles. The Morgan fingerprint density at radius 3 is 2.70 bits per heavy atom. The summed E-state index contributed by atoms with van der Waals surface area (Å²) < 4.78 is 14.5. The number of benzene rings is 1. The molecule has 0 aliphatic rings. The van der Waals surface area contributed by atoms with Crippen LogP contribution < -0.4 is 11.1 Å². The SMILES string of the molecule is N#Cc1c(CCCNC(=O)c2ccccn2)nn(-c2ccc(F)cc2)c1N. The maximum Gasteiger partial charge on any atom is 0.269 e. The number of nitrogens with two attached hydrogens (primary N) is 1. The van der Waals surface area contributed by atoms with Gasteiger partial charge in [0.25, 0.3) is 5.91 Å². The van der Waals surface area contributed by atoms with Crippen molar-refractivity contribution in [2.75, 3.05) is 12.3 Å². The van der Waals surface area contributed by atoms with Gasteiger partial charge in [-0.1, -0.05) is 6.07 Å². The molecule has 0 bridgehead atoms. The first-order valence-corrected chi connectivity index (χ1v) is 8.33. The third-order valence-electron chi connectivity index (χ3n) is 3.95. The van der Waals surface area contributed by atoms with E-state index < -0.39 is 0 Å². The van der Waals surface area contributed by atoms with E-state index in [0.717, 1.165) is 0 Å². The molecule has 0 aliphatic heterocycles. The van der Waals surface area contributed by atoms with Gasteiger partial charge in [-0.25, -0.2) is 9.07 Å². The molecule has 27 heavy (non-hydrogen) atoms. The van der Waals surface area contributed by atoms with Crippen LogP contribution >= 0.6 is 0 Å². The van der Waals surface area contributed by atoms with Gasteiger partial charge in [0, 0.05) is 12.7 Å². The zero-order chi connectivity index (χ0) is 19.2. The van der Waals surface area contributed by atoms with Crippen molar-refractivity contribution in [1.82, 2.24) is 20.1 Å². The van der Waals surface area contributed by atoms with Crippen molar-refractivity contribution in [3.05, 3.63) is 71.4 Å². The standard InChI is InChI=1S/C19H17FN6O/c20-13-6-8-14(9-7-13)26-18(22)15(12-21)16(25-26)5-3-11-24-19(27)17-4-1-2-10-23-17/h1-2,4,6-10H,3,5,11,22H2,(H,24,27). The fourth-order valence-electron chi connectivity index (χ4n) is 2.60.